The number of hydrogen-bond donors (Lipinski definition) is 0. The minimum Gasteiger partial charge on any atom is -0.490 e. The maximum absolute atomic E-state index is 5.76. The number of aryl methyl sites for hydroxylation is 1. The fourth-order valence-corrected chi connectivity index (χ4v) is 3.57. The summed E-state index contributed by atoms with van der Waals surface area (Å²) in [6, 6.07) is 12.0. The molecule has 0 aliphatic carbocycles. The van der Waals surface area contributed by atoms with Crippen molar-refractivity contribution in [2.75, 3.05) is 0 Å². The maximum atomic E-state index is 5.76. The molecule has 0 bridgehead atoms. The molecule has 2 heterocycles. The van der Waals surface area contributed by atoms with E-state index >= 15 is 0 Å². The lowest BCUT2D eigenvalue weighted by Gasteiger charge is -2.11. The molecule has 0 aliphatic rings. The highest BCUT2D eigenvalue weighted by molar-refractivity contribution is 9.10. The summed E-state index contributed by atoms with van der Waals surface area (Å²) in [7, 11) is 0. The fourth-order valence-electron chi connectivity index (χ4n) is 3.10. The monoisotopic (exact) mass is 452 g/mol. The Morgan fingerprint density at radius 2 is 2.03 bits per heavy atom. The van der Waals surface area contributed by atoms with E-state index in [1.165, 1.54) is 5.56 Å². The van der Waals surface area contributed by atoms with E-state index in [4.69, 9.17) is 9.26 Å². The highest BCUT2D eigenvalue weighted by atomic mass is 79.9. The Hall–Kier alpha value is -2.93. The molecular weight excluding hydrogens is 432 g/mol. The largest absolute Gasteiger partial charge is 0.490 e. The van der Waals surface area contributed by atoms with Crippen molar-refractivity contribution in [1.82, 2.24) is 19.7 Å². The molecule has 0 amide bonds. The average molecular weight is 453 g/mol. The van der Waals surface area contributed by atoms with Gasteiger partial charge in [-0.15, -0.1) is 0 Å². The van der Waals surface area contributed by atoms with E-state index in [2.05, 4.69) is 50.1 Å². The quantitative estimate of drug-likeness (QED) is 0.385. The third-order valence-electron chi connectivity index (χ3n) is 4.42. The summed E-state index contributed by atoms with van der Waals surface area (Å²) in [6.45, 7) is 6.82. The number of rotatable bonds is 6. The predicted octanol–water partition coefficient (Wildman–Crippen LogP) is 5.51. The average Bonchev–Trinajstić information content (AvgIpc) is 3.35. The van der Waals surface area contributed by atoms with Gasteiger partial charge in [-0.2, -0.15) is 4.98 Å². The van der Waals surface area contributed by atoms with Crippen LogP contribution in [0.3, 0.4) is 0 Å². The van der Waals surface area contributed by atoms with Gasteiger partial charge in [-0.3, -0.25) is 0 Å². The summed E-state index contributed by atoms with van der Waals surface area (Å²) in [4.78, 5) is 8.68. The first kappa shape index (κ1) is 19.4. The van der Waals surface area contributed by atoms with E-state index in [1.54, 1.807) is 6.20 Å². The first-order chi connectivity index (χ1) is 14.0. The highest BCUT2D eigenvalue weighted by Crippen LogP contribution is 2.32. The second kappa shape index (κ2) is 8.21. The first-order valence-corrected chi connectivity index (χ1v) is 10.1. The topological polar surface area (TPSA) is 66.0 Å². The normalized spacial score (nSPS) is 11.2. The van der Waals surface area contributed by atoms with E-state index in [0.29, 0.717) is 11.7 Å². The number of aromatic nitrogens is 4. The SMILES string of the molecule is Cc1cc(Cn2ccnc2)ccc1-c1noc(-c2ccc(OC(C)C)c(Br)c2)n1. The van der Waals surface area contributed by atoms with E-state index in [1.807, 2.05) is 55.2 Å². The van der Waals surface area contributed by atoms with E-state index < -0.39 is 0 Å². The molecule has 2 aromatic heterocycles. The molecule has 4 rings (SSSR count). The number of imidazole rings is 1. The van der Waals surface area contributed by atoms with Crippen LogP contribution in [0, 0.1) is 6.92 Å². The van der Waals surface area contributed by atoms with Crippen LogP contribution in [0.15, 0.2) is 64.1 Å². The van der Waals surface area contributed by atoms with Crippen molar-refractivity contribution in [2.24, 2.45) is 0 Å². The molecule has 2 aromatic carbocycles. The van der Waals surface area contributed by atoms with Crippen LogP contribution >= 0.6 is 15.9 Å². The summed E-state index contributed by atoms with van der Waals surface area (Å²) >= 11 is 3.55. The molecule has 7 heteroatoms. The zero-order chi connectivity index (χ0) is 20.4. The summed E-state index contributed by atoms with van der Waals surface area (Å²) in [5.74, 6) is 1.83. The second-order valence-electron chi connectivity index (χ2n) is 7.12. The molecule has 0 spiro atoms. The second-order valence-corrected chi connectivity index (χ2v) is 7.97. The van der Waals surface area contributed by atoms with Crippen molar-refractivity contribution in [3.05, 3.63) is 70.7 Å². The van der Waals surface area contributed by atoms with Crippen LogP contribution in [0.4, 0.5) is 0 Å². The van der Waals surface area contributed by atoms with Crippen LogP contribution in [0.5, 0.6) is 5.75 Å². The van der Waals surface area contributed by atoms with Crippen LogP contribution in [0.2, 0.25) is 0 Å². The van der Waals surface area contributed by atoms with Crippen LogP contribution in [0.1, 0.15) is 25.0 Å². The maximum Gasteiger partial charge on any atom is 0.258 e. The Labute approximate surface area is 177 Å². The van der Waals surface area contributed by atoms with Crippen molar-refractivity contribution in [3.8, 4) is 28.6 Å². The van der Waals surface area contributed by atoms with Gasteiger partial charge in [0.25, 0.3) is 5.89 Å². The molecule has 6 nitrogen and oxygen atoms in total. The smallest absolute Gasteiger partial charge is 0.258 e. The fraction of sp³-hybridized carbons (Fsp3) is 0.227. The molecule has 148 valence electrons. The molecule has 4 aromatic rings. The number of benzene rings is 2. The Morgan fingerprint density at radius 3 is 2.72 bits per heavy atom. The molecule has 29 heavy (non-hydrogen) atoms. The third kappa shape index (κ3) is 4.40. The predicted molar refractivity (Wildman–Crippen MR) is 115 cm³/mol. The first-order valence-electron chi connectivity index (χ1n) is 9.35. The van der Waals surface area contributed by atoms with Gasteiger partial charge >= 0.3 is 0 Å². The van der Waals surface area contributed by atoms with Crippen LogP contribution < -0.4 is 4.74 Å². The van der Waals surface area contributed by atoms with E-state index in [-0.39, 0.29) is 6.10 Å². The minimum absolute atomic E-state index is 0.104. The number of nitrogens with zero attached hydrogens (tertiary/aromatic N) is 4. The molecule has 0 unspecified atom stereocenters. The zero-order valence-electron chi connectivity index (χ0n) is 16.5. The molecule has 0 atom stereocenters. The van der Waals surface area contributed by atoms with Crippen LogP contribution in [0.25, 0.3) is 22.8 Å². The highest BCUT2D eigenvalue weighted by Gasteiger charge is 2.14. The van der Waals surface area contributed by atoms with Gasteiger partial charge in [0.2, 0.25) is 5.82 Å². The van der Waals surface area contributed by atoms with Crippen molar-refractivity contribution in [1.29, 1.82) is 0 Å². The standard InChI is InChI=1S/C22H21BrN4O2/c1-14(2)28-20-7-5-17(11-19(20)23)22-25-21(26-29-22)18-6-4-16(10-15(18)3)12-27-9-8-24-13-27/h4-11,13-14H,12H2,1-3H3. The van der Waals surface area contributed by atoms with E-state index in [0.717, 1.165) is 33.5 Å². The summed E-state index contributed by atoms with van der Waals surface area (Å²) in [6.07, 6.45) is 5.64. The minimum atomic E-state index is 0.104. The van der Waals surface area contributed by atoms with Crippen molar-refractivity contribution >= 4 is 15.9 Å². The molecule has 0 N–H and O–H groups in total. The lowest BCUT2D eigenvalue weighted by atomic mass is 10.0. The zero-order valence-corrected chi connectivity index (χ0v) is 18.0. The van der Waals surface area contributed by atoms with Crippen molar-refractivity contribution in [2.45, 2.75) is 33.4 Å². The number of ether oxygens (including phenoxy) is 1. The van der Waals surface area contributed by atoms with Gasteiger partial charge in [-0.1, -0.05) is 23.4 Å². The molecule has 0 saturated carbocycles. The third-order valence-corrected chi connectivity index (χ3v) is 5.04. The lowest BCUT2D eigenvalue weighted by Crippen LogP contribution is -2.05. The number of halogens is 1. The van der Waals surface area contributed by atoms with Gasteiger partial charge in [0, 0.05) is 30.1 Å². The van der Waals surface area contributed by atoms with Crippen LogP contribution in [-0.4, -0.2) is 25.8 Å². The summed E-state index contributed by atoms with van der Waals surface area (Å²) in [5.41, 5.74) is 4.07. The van der Waals surface area contributed by atoms with Gasteiger partial charge in [0.1, 0.15) is 5.75 Å². The van der Waals surface area contributed by atoms with Gasteiger partial charge in [-0.05, 0) is 66.0 Å². The Balaban J connectivity index is 1.56. The van der Waals surface area contributed by atoms with Gasteiger partial charge in [0.15, 0.2) is 0 Å². The van der Waals surface area contributed by atoms with Gasteiger partial charge < -0.3 is 13.8 Å². The van der Waals surface area contributed by atoms with Crippen molar-refractivity contribution < 1.29 is 9.26 Å². The Kier molecular flexibility index (Phi) is 5.49. The van der Waals surface area contributed by atoms with Gasteiger partial charge in [-0.25, -0.2) is 4.98 Å². The van der Waals surface area contributed by atoms with E-state index in [9.17, 15) is 0 Å². The number of hydrogen-bond acceptors (Lipinski definition) is 5. The summed E-state index contributed by atoms with van der Waals surface area (Å²) < 4.78 is 14.2. The molecule has 0 aliphatic heterocycles. The van der Waals surface area contributed by atoms with Crippen molar-refractivity contribution in [3.63, 3.8) is 0 Å². The molecule has 0 radical (unpaired) electrons. The lowest BCUT2D eigenvalue weighted by molar-refractivity contribution is 0.241. The summed E-state index contributed by atoms with van der Waals surface area (Å²) in [5, 5.41) is 4.18. The molecule has 0 fully saturated rings. The van der Waals surface area contributed by atoms with Gasteiger partial charge in [0.05, 0.1) is 16.9 Å². The Bertz CT molecular complexity index is 1120. The Morgan fingerprint density at radius 1 is 1.17 bits per heavy atom. The molecular formula is C22H21BrN4O2. The molecule has 0 saturated heterocycles. The van der Waals surface area contributed by atoms with Crippen LogP contribution in [-0.2, 0) is 6.54 Å².